The quantitative estimate of drug-likeness (QED) is 0.550. The summed E-state index contributed by atoms with van der Waals surface area (Å²) in [5.74, 6) is -0.988. The zero-order valence-corrected chi connectivity index (χ0v) is 16.6. The van der Waals surface area contributed by atoms with Crippen molar-refractivity contribution in [2.24, 2.45) is 10.2 Å². The lowest BCUT2D eigenvalue weighted by Gasteiger charge is -2.10. The molecule has 2 amide bonds. The number of anilines is 1. The van der Waals surface area contributed by atoms with E-state index in [1.54, 1.807) is 6.92 Å². The number of amides is 2. The molecule has 3 rings (SSSR count). The standard InChI is InChI=1S/C20H17F3N4O2S/c1-12(13-6-3-2-4-7-13)26-27-19-25-18(29)16(30-19)11-17(28)24-15-9-5-8-14(10-15)20(21,22)23/h2-10,16H,11H2,1H3,(H,24,28)(H,25,27,29)/b26-12+. The minimum atomic E-state index is -4.51. The van der Waals surface area contributed by atoms with E-state index in [4.69, 9.17) is 0 Å². The average molecular weight is 434 g/mol. The Bertz CT molecular complexity index is 1010. The minimum absolute atomic E-state index is 0.00945. The van der Waals surface area contributed by atoms with E-state index in [0.29, 0.717) is 5.71 Å². The maximum Gasteiger partial charge on any atom is 0.416 e. The Morgan fingerprint density at radius 2 is 1.90 bits per heavy atom. The van der Waals surface area contributed by atoms with Gasteiger partial charge in [-0.3, -0.25) is 9.59 Å². The number of carbonyl (C=O) groups excluding carboxylic acids is 2. The third-order valence-corrected chi connectivity index (χ3v) is 5.18. The van der Waals surface area contributed by atoms with Crippen molar-refractivity contribution in [1.29, 1.82) is 0 Å². The molecule has 0 spiro atoms. The summed E-state index contributed by atoms with van der Waals surface area (Å²) in [4.78, 5) is 24.3. The topological polar surface area (TPSA) is 82.9 Å². The van der Waals surface area contributed by atoms with Crippen molar-refractivity contribution in [3.63, 3.8) is 0 Å². The highest BCUT2D eigenvalue weighted by Crippen LogP contribution is 2.31. The molecule has 1 heterocycles. The molecule has 156 valence electrons. The van der Waals surface area contributed by atoms with Gasteiger partial charge in [0.05, 0.1) is 11.3 Å². The summed E-state index contributed by atoms with van der Waals surface area (Å²) in [5.41, 5.74) is 0.682. The Hall–Kier alpha value is -3.14. The van der Waals surface area contributed by atoms with E-state index in [1.807, 2.05) is 30.3 Å². The lowest BCUT2D eigenvalue weighted by Crippen LogP contribution is -2.28. The molecule has 1 fully saturated rings. The third kappa shape index (κ3) is 5.69. The van der Waals surface area contributed by atoms with Gasteiger partial charge in [-0.1, -0.05) is 48.2 Å². The van der Waals surface area contributed by atoms with Crippen molar-refractivity contribution in [3.8, 4) is 0 Å². The highest BCUT2D eigenvalue weighted by molar-refractivity contribution is 8.15. The van der Waals surface area contributed by atoms with E-state index in [-0.39, 0.29) is 17.3 Å². The van der Waals surface area contributed by atoms with Crippen LogP contribution in [0, 0.1) is 0 Å². The molecule has 2 aromatic carbocycles. The first kappa shape index (κ1) is 21.6. The molecule has 1 saturated heterocycles. The van der Waals surface area contributed by atoms with Gasteiger partial charge in [0.15, 0.2) is 5.17 Å². The zero-order valence-electron chi connectivity index (χ0n) is 15.7. The second-order valence-corrected chi connectivity index (χ2v) is 7.57. The van der Waals surface area contributed by atoms with Gasteiger partial charge in [0.25, 0.3) is 0 Å². The molecular weight excluding hydrogens is 417 g/mol. The van der Waals surface area contributed by atoms with E-state index in [0.717, 1.165) is 29.5 Å². The van der Waals surface area contributed by atoms with E-state index < -0.39 is 28.8 Å². The van der Waals surface area contributed by atoms with Crippen LogP contribution in [0.2, 0.25) is 0 Å². The van der Waals surface area contributed by atoms with E-state index >= 15 is 0 Å². The second-order valence-electron chi connectivity index (χ2n) is 6.38. The Kier molecular flexibility index (Phi) is 6.56. The van der Waals surface area contributed by atoms with Crippen LogP contribution in [0.25, 0.3) is 0 Å². The predicted octanol–water partition coefficient (Wildman–Crippen LogP) is 4.05. The molecule has 1 aliphatic rings. The molecule has 1 atom stereocenters. The van der Waals surface area contributed by atoms with Crippen LogP contribution in [0.15, 0.2) is 64.8 Å². The number of hydrogen-bond donors (Lipinski definition) is 2. The Labute approximate surface area is 174 Å². The van der Waals surface area contributed by atoms with Crippen molar-refractivity contribution < 1.29 is 22.8 Å². The molecule has 0 bridgehead atoms. The minimum Gasteiger partial charge on any atom is -0.326 e. The first-order valence-corrected chi connectivity index (χ1v) is 9.72. The van der Waals surface area contributed by atoms with E-state index in [9.17, 15) is 22.8 Å². The second kappa shape index (κ2) is 9.12. The number of alkyl halides is 3. The SMILES string of the molecule is C/C(=N\N=C1/NC(=O)C(CC(=O)Nc2cccc(C(F)(F)F)c2)S1)c1ccccc1. The van der Waals surface area contributed by atoms with Crippen molar-refractivity contribution in [3.05, 3.63) is 65.7 Å². The Balaban J connectivity index is 1.60. The molecule has 1 unspecified atom stereocenters. The fraction of sp³-hybridized carbons (Fsp3) is 0.200. The molecule has 0 radical (unpaired) electrons. The molecule has 0 aromatic heterocycles. The smallest absolute Gasteiger partial charge is 0.326 e. The average Bonchev–Trinajstić information content (AvgIpc) is 3.05. The molecule has 2 N–H and O–H groups in total. The first-order chi connectivity index (χ1) is 14.2. The van der Waals surface area contributed by atoms with Gasteiger partial charge in [-0.15, -0.1) is 5.10 Å². The van der Waals surface area contributed by atoms with Crippen LogP contribution >= 0.6 is 11.8 Å². The number of carbonyl (C=O) groups is 2. The van der Waals surface area contributed by atoms with Crippen molar-refractivity contribution in [2.45, 2.75) is 24.8 Å². The largest absolute Gasteiger partial charge is 0.416 e. The first-order valence-electron chi connectivity index (χ1n) is 8.84. The fourth-order valence-electron chi connectivity index (χ4n) is 2.60. The van der Waals surface area contributed by atoms with E-state index in [1.165, 1.54) is 12.1 Å². The number of benzene rings is 2. The number of nitrogens with zero attached hydrogens (tertiary/aromatic N) is 2. The van der Waals surface area contributed by atoms with Gasteiger partial charge in [-0.25, -0.2) is 0 Å². The summed E-state index contributed by atoms with van der Waals surface area (Å²) < 4.78 is 38.3. The van der Waals surface area contributed by atoms with Gasteiger partial charge < -0.3 is 10.6 Å². The summed E-state index contributed by atoms with van der Waals surface area (Å²) in [6.45, 7) is 1.78. The number of amidine groups is 1. The molecular formula is C20H17F3N4O2S. The summed E-state index contributed by atoms with van der Waals surface area (Å²) >= 11 is 1.04. The van der Waals surface area contributed by atoms with Gasteiger partial charge in [0.2, 0.25) is 11.8 Å². The van der Waals surface area contributed by atoms with Gasteiger partial charge in [0, 0.05) is 12.1 Å². The molecule has 2 aromatic rings. The molecule has 30 heavy (non-hydrogen) atoms. The van der Waals surface area contributed by atoms with Crippen LogP contribution in [0.3, 0.4) is 0 Å². The van der Waals surface area contributed by atoms with Gasteiger partial charge in [-0.05, 0) is 30.7 Å². The zero-order chi connectivity index (χ0) is 21.7. The van der Waals surface area contributed by atoms with Gasteiger partial charge in [-0.2, -0.15) is 18.3 Å². The number of rotatable bonds is 5. The third-order valence-electron chi connectivity index (χ3n) is 4.10. The highest BCUT2D eigenvalue weighted by atomic mass is 32.2. The summed E-state index contributed by atoms with van der Waals surface area (Å²) in [5, 5.41) is 12.5. The predicted molar refractivity (Wildman–Crippen MR) is 110 cm³/mol. The van der Waals surface area contributed by atoms with Gasteiger partial charge >= 0.3 is 6.18 Å². The van der Waals surface area contributed by atoms with Crippen LogP contribution in [-0.4, -0.2) is 27.9 Å². The highest BCUT2D eigenvalue weighted by Gasteiger charge is 2.33. The fourth-order valence-corrected chi connectivity index (χ4v) is 3.52. The van der Waals surface area contributed by atoms with Gasteiger partial charge in [0.1, 0.15) is 5.25 Å². The number of hydrogen-bond acceptors (Lipinski definition) is 5. The lowest BCUT2D eigenvalue weighted by molar-refractivity contribution is -0.137. The van der Waals surface area contributed by atoms with Crippen molar-refractivity contribution >= 4 is 40.1 Å². The number of thioether (sulfide) groups is 1. The monoisotopic (exact) mass is 434 g/mol. The van der Waals surface area contributed by atoms with Crippen LogP contribution in [-0.2, 0) is 15.8 Å². The summed E-state index contributed by atoms with van der Waals surface area (Å²) in [6.07, 6.45) is -4.72. The van der Waals surface area contributed by atoms with Crippen LogP contribution < -0.4 is 10.6 Å². The number of halogens is 3. The normalized spacial score (nSPS) is 18.4. The lowest BCUT2D eigenvalue weighted by atomic mass is 10.1. The molecule has 0 aliphatic carbocycles. The Morgan fingerprint density at radius 1 is 1.17 bits per heavy atom. The maximum atomic E-state index is 12.8. The maximum absolute atomic E-state index is 12.8. The van der Waals surface area contributed by atoms with Crippen molar-refractivity contribution in [1.82, 2.24) is 5.32 Å². The summed E-state index contributed by atoms with van der Waals surface area (Å²) in [7, 11) is 0. The number of nitrogens with one attached hydrogen (secondary N) is 2. The van der Waals surface area contributed by atoms with Crippen LogP contribution in [0.4, 0.5) is 18.9 Å². The molecule has 6 nitrogen and oxygen atoms in total. The van der Waals surface area contributed by atoms with Crippen molar-refractivity contribution in [2.75, 3.05) is 5.32 Å². The van der Waals surface area contributed by atoms with Crippen LogP contribution in [0.1, 0.15) is 24.5 Å². The Morgan fingerprint density at radius 3 is 2.60 bits per heavy atom. The van der Waals surface area contributed by atoms with E-state index in [2.05, 4.69) is 20.8 Å². The molecule has 10 heteroatoms. The summed E-state index contributed by atoms with van der Waals surface area (Å²) in [6, 6.07) is 13.7. The molecule has 0 saturated carbocycles. The van der Waals surface area contributed by atoms with Crippen LogP contribution in [0.5, 0.6) is 0 Å². The molecule has 1 aliphatic heterocycles.